The summed E-state index contributed by atoms with van der Waals surface area (Å²) in [4.78, 5) is 20.9. The van der Waals surface area contributed by atoms with Crippen LogP contribution < -0.4 is 0 Å². The maximum atomic E-state index is 10.8. The molecular formula is C10H13NO4. The Labute approximate surface area is 87.0 Å². The second-order valence-electron chi connectivity index (χ2n) is 3.22. The number of carbonyl (C=O) groups excluding carboxylic acids is 2. The first-order valence-electron chi connectivity index (χ1n) is 4.68. The molecule has 0 amide bonds. The lowest BCUT2D eigenvalue weighted by atomic mass is 10.1. The van der Waals surface area contributed by atoms with Crippen LogP contribution in [-0.2, 0) is 9.59 Å². The van der Waals surface area contributed by atoms with E-state index in [1.807, 2.05) is 0 Å². The Morgan fingerprint density at radius 3 is 2.33 bits per heavy atom. The molecule has 82 valence electrons. The second kappa shape index (κ2) is 5.19. The van der Waals surface area contributed by atoms with E-state index in [2.05, 4.69) is 0 Å². The molecule has 1 aromatic heterocycles. The predicted octanol–water partition coefficient (Wildman–Crippen LogP) is 1.01. The molecule has 2 N–H and O–H groups in total. The Hall–Kier alpha value is -1.78. The first kappa shape index (κ1) is 11.3. The van der Waals surface area contributed by atoms with Crippen LogP contribution in [0.1, 0.15) is 25.3 Å². The van der Waals surface area contributed by atoms with Crippen molar-refractivity contribution in [3.05, 3.63) is 12.1 Å². The van der Waals surface area contributed by atoms with Crippen molar-refractivity contribution in [2.24, 2.45) is 0 Å². The van der Waals surface area contributed by atoms with E-state index >= 15 is 0 Å². The van der Waals surface area contributed by atoms with Gasteiger partial charge in [0.2, 0.25) is 0 Å². The van der Waals surface area contributed by atoms with Crippen molar-refractivity contribution in [1.82, 2.24) is 4.57 Å². The molecule has 0 fully saturated rings. The van der Waals surface area contributed by atoms with Gasteiger partial charge in [-0.05, 0) is 12.8 Å². The average Bonchev–Trinajstić information content (AvgIpc) is 2.55. The molecular weight excluding hydrogens is 198 g/mol. The Morgan fingerprint density at radius 2 is 1.87 bits per heavy atom. The summed E-state index contributed by atoms with van der Waals surface area (Å²) in [5.41, 5.74) is 0. The van der Waals surface area contributed by atoms with Gasteiger partial charge in [0.05, 0.1) is 6.04 Å². The van der Waals surface area contributed by atoms with Crippen LogP contribution in [-0.4, -0.2) is 27.4 Å². The minimum Gasteiger partial charge on any atom is -0.494 e. The summed E-state index contributed by atoms with van der Waals surface area (Å²) >= 11 is 0. The van der Waals surface area contributed by atoms with Crippen LogP contribution in [0.5, 0.6) is 11.8 Å². The number of unbranched alkanes of at least 4 members (excludes halogenated alkanes) is 1. The Bertz CT molecular complexity index is 326. The van der Waals surface area contributed by atoms with Crippen LogP contribution in [0, 0.1) is 0 Å². The average molecular weight is 211 g/mol. The summed E-state index contributed by atoms with van der Waals surface area (Å²) in [6, 6.07) is 2.00. The van der Waals surface area contributed by atoms with Crippen molar-refractivity contribution in [1.29, 1.82) is 0 Å². The number of aromatic hydroxyl groups is 2. The molecule has 0 radical (unpaired) electrons. The minimum absolute atomic E-state index is 0.157. The molecule has 0 bridgehead atoms. The van der Waals surface area contributed by atoms with Gasteiger partial charge < -0.3 is 19.8 Å². The SMILES string of the molecule is O=CCCCC(C=O)n1c(O)ccc1O. The molecule has 1 atom stereocenters. The van der Waals surface area contributed by atoms with Gasteiger partial charge in [0.1, 0.15) is 12.6 Å². The first-order valence-corrected chi connectivity index (χ1v) is 4.68. The molecule has 1 aromatic rings. The van der Waals surface area contributed by atoms with E-state index in [-0.39, 0.29) is 11.8 Å². The third-order valence-corrected chi connectivity index (χ3v) is 2.19. The maximum absolute atomic E-state index is 10.8. The number of hydrogen-bond acceptors (Lipinski definition) is 4. The molecule has 1 rings (SSSR count). The summed E-state index contributed by atoms with van der Waals surface area (Å²) in [6.07, 6.45) is 2.75. The summed E-state index contributed by atoms with van der Waals surface area (Å²) in [6.45, 7) is 0. The lowest BCUT2D eigenvalue weighted by Gasteiger charge is -2.13. The molecule has 0 spiro atoms. The van der Waals surface area contributed by atoms with Crippen molar-refractivity contribution in [3.8, 4) is 11.8 Å². The number of aromatic nitrogens is 1. The molecule has 0 saturated heterocycles. The molecule has 1 heterocycles. The van der Waals surface area contributed by atoms with Gasteiger partial charge in [-0.25, -0.2) is 0 Å². The van der Waals surface area contributed by atoms with E-state index in [4.69, 9.17) is 0 Å². The highest BCUT2D eigenvalue weighted by atomic mass is 16.3. The van der Waals surface area contributed by atoms with Crippen LogP contribution >= 0.6 is 0 Å². The molecule has 15 heavy (non-hydrogen) atoms. The molecule has 5 heteroatoms. The van der Waals surface area contributed by atoms with Crippen LogP contribution in [0.3, 0.4) is 0 Å². The quantitative estimate of drug-likeness (QED) is 0.543. The molecule has 0 aliphatic heterocycles. The van der Waals surface area contributed by atoms with E-state index in [0.717, 1.165) is 10.9 Å². The van der Waals surface area contributed by atoms with Gasteiger partial charge in [0.15, 0.2) is 11.8 Å². The van der Waals surface area contributed by atoms with Gasteiger partial charge in [0.25, 0.3) is 0 Å². The van der Waals surface area contributed by atoms with Crippen LogP contribution in [0.15, 0.2) is 12.1 Å². The van der Waals surface area contributed by atoms with E-state index in [1.165, 1.54) is 12.1 Å². The second-order valence-corrected chi connectivity index (χ2v) is 3.22. The third kappa shape index (κ3) is 2.59. The van der Waals surface area contributed by atoms with Crippen molar-refractivity contribution >= 4 is 12.6 Å². The van der Waals surface area contributed by atoms with E-state index in [1.54, 1.807) is 0 Å². The van der Waals surface area contributed by atoms with Crippen molar-refractivity contribution in [2.45, 2.75) is 25.3 Å². The largest absolute Gasteiger partial charge is 0.494 e. The summed E-state index contributed by atoms with van der Waals surface area (Å²) in [5.74, 6) is -0.314. The topological polar surface area (TPSA) is 79.5 Å². The standard InChI is InChI=1S/C10H13NO4/c12-6-2-1-3-8(7-13)11-9(14)4-5-10(11)15/h4-8,14-15H,1-3H2. The highest BCUT2D eigenvalue weighted by Gasteiger charge is 2.16. The summed E-state index contributed by atoms with van der Waals surface area (Å²) < 4.78 is 1.14. The third-order valence-electron chi connectivity index (χ3n) is 2.19. The fourth-order valence-corrected chi connectivity index (χ4v) is 1.44. The number of aldehydes is 2. The fourth-order valence-electron chi connectivity index (χ4n) is 1.44. The van der Waals surface area contributed by atoms with E-state index in [0.29, 0.717) is 25.5 Å². The zero-order chi connectivity index (χ0) is 11.3. The predicted molar refractivity (Wildman–Crippen MR) is 52.8 cm³/mol. The van der Waals surface area contributed by atoms with Crippen molar-refractivity contribution < 1.29 is 19.8 Å². The minimum atomic E-state index is -0.625. The smallest absolute Gasteiger partial charge is 0.194 e. The molecule has 5 nitrogen and oxygen atoms in total. The van der Waals surface area contributed by atoms with E-state index < -0.39 is 6.04 Å². The Kier molecular flexibility index (Phi) is 3.91. The van der Waals surface area contributed by atoms with Gasteiger partial charge in [-0.15, -0.1) is 0 Å². The Morgan fingerprint density at radius 1 is 1.27 bits per heavy atom. The van der Waals surface area contributed by atoms with Gasteiger partial charge >= 0.3 is 0 Å². The lowest BCUT2D eigenvalue weighted by molar-refractivity contribution is -0.111. The summed E-state index contributed by atoms with van der Waals surface area (Å²) in [5, 5.41) is 18.7. The molecule has 0 aliphatic carbocycles. The van der Waals surface area contributed by atoms with Gasteiger partial charge in [-0.1, -0.05) is 0 Å². The maximum Gasteiger partial charge on any atom is 0.194 e. The lowest BCUT2D eigenvalue weighted by Crippen LogP contribution is -2.09. The molecule has 0 aliphatic rings. The zero-order valence-corrected chi connectivity index (χ0v) is 8.17. The molecule has 0 aromatic carbocycles. The summed E-state index contributed by atoms with van der Waals surface area (Å²) in [7, 11) is 0. The molecule has 0 saturated carbocycles. The van der Waals surface area contributed by atoms with Crippen LogP contribution in [0.2, 0.25) is 0 Å². The number of hydrogen-bond donors (Lipinski definition) is 2. The normalized spacial score (nSPS) is 12.3. The van der Waals surface area contributed by atoms with E-state index in [9.17, 15) is 19.8 Å². The highest BCUT2D eigenvalue weighted by Crippen LogP contribution is 2.28. The van der Waals surface area contributed by atoms with Crippen molar-refractivity contribution in [3.63, 3.8) is 0 Å². The van der Waals surface area contributed by atoms with Gasteiger partial charge in [0, 0.05) is 18.6 Å². The number of rotatable bonds is 6. The molecule has 1 unspecified atom stereocenters. The fraction of sp³-hybridized carbons (Fsp3) is 0.400. The first-order chi connectivity index (χ1) is 7.20. The monoisotopic (exact) mass is 211 g/mol. The zero-order valence-electron chi connectivity index (χ0n) is 8.17. The van der Waals surface area contributed by atoms with Gasteiger partial charge in [-0.2, -0.15) is 0 Å². The van der Waals surface area contributed by atoms with Crippen LogP contribution in [0.4, 0.5) is 0 Å². The highest BCUT2D eigenvalue weighted by molar-refractivity contribution is 5.57. The van der Waals surface area contributed by atoms with Gasteiger partial charge in [-0.3, -0.25) is 4.57 Å². The number of carbonyl (C=O) groups is 2. The van der Waals surface area contributed by atoms with Crippen molar-refractivity contribution in [2.75, 3.05) is 0 Å². The Balaban J connectivity index is 2.73. The number of nitrogens with zero attached hydrogens (tertiary/aromatic N) is 1. The van der Waals surface area contributed by atoms with Crippen LogP contribution in [0.25, 0.3) is 0 Å².